The highest BCUT2D eigenvalue weighted by molar-refractivity contribution is 5.79. The first-order chi connectivity index (χ1) is 23.3. The fourth-order valence-corrected chi connectivity index (χ4v) is 6.25. The molecule has 3 N–H and O–H groups in total. The van der Waals surface area contributed by atoms with E-state index in [0.29, 0.717) is 37.2 Å². The lowest BCUT2D eigenvalue weighted by Crippen LogP contribution is -2.43. The van der Waals surface area contributed by atoms with Crippen molar-refractivity contribution in [2.75, 3.05) is 13.2 Å². The number of carboxylic acids is 1. The molecule has 0 saturated carbocycles. The second kappa shape index (κ2) is 25.9. The molecule has 0 spiro atoms. The van der Waals surface area contributed by atoms with Crippen LogP contribution in [-0.2, 0) is 28.5 Å². The predicted molar refractivity (Wildman–Crippen MR) is 200 cm³/mol. The Bertz CT molecular complexity index is 917. The summed E-state index contributed by atoms with van der Waals surface area (Å²) in [6.45, 7) is 25.4. The van der Waals surface area contributed by atoms with Crippen LogP contribution in [0.1, 0.15) is 160 Å². The lowest BCUT2D eigenvalue weighted by atomic mass is 9.86. The van der Waals surface area contributed by atoms with Crippen molar-refractivity contribution >= 4 is 18.0 Å². The van der Waals surface area contributed by atoms with E-state index in [2.05, 4.69) is 39.9 Å². The maximum Gasteiger partial charge on any atom is 0.408 e. The smallest absolute Gasteiger partial charge is 0.408 e. The van der Waals surface area contributed by atoms with Gasteiger partial charge in [-0.1, -0.05) is 67.7 Å². The maximum absolute atomic E-state index is 12.1. The quantitative estimate of drug-likeness (QED) is 0.105. The van der Waals surface area contributed by atoms with Gasteiger partial charge in [-0.05, 0) is 104 Å². The van der Waals surface area contributed by atoms with Crippen molar-refractivity contribution in [3.05, 3.63) is 0 Å². The zero-order chi connectivity index (χ0) is 38.4. The molecule has 1 heterocycles. The molecule has 0 unspecified atom stereocenters. The van der Waals surface area contributed by atoms with Crippen LogP contribution in [0, 0.1) is 29.6 Å². The summed E-state index contributed by atoms with van der Waals surface area (Å²) in [4.78, 5) is 35.5. The third-order valence-electron chi connectivity index (χ3n) is 9.21. The first-order valence-electron chi connectivity index (χ1n) is 19.7. The van der Waals surface area contributed by atoms with Crippen LogP contribution in [0.3, 0.4) is 0 Å². The standard InChI is InChI=1S/C22H43NO6.C18H34O3/c1-8-14-28-19(17(16(4)24)13-12-15(2)3)11-9-10-18(20(25)26)23-21(27)29-22(5,6)7;1-6-12-20-17-9-7-8-14(4)18(19)21-15(5)16(17)11-10-13(2)3/h15-19,24H,8-14H2,1-7H3,(H,23,27)(H,25,26);13-17H,6-12H2,1-5H3/t16-,17-,18-,19-;14-,15-,16-,17-/m00/s1. The Morgan fingerprint density at radius 3 is 2.06 bits per heavy atom. The maximum atomic E-state index is 12.1. The molecule has 1 aliphatic rings. The molecule has 1 amide bonds. The summed E-state index contributed by atoms with van der Waals surface area (Å²) in [6.07, 6.45) is 9.33. The largest absolute Gasteiger partial charge is 0.480 e. The lowest BCUT2D eigenvalue weighted by Gasteiger charge is -2.31. The number of nitrogens with one attached hydrogen (secondary N) is 1. The molecule has 50 heavy (non-hydrogen) atoms. The molecule has 10 nitrogen and oxygen atoms in total. The van der Waals surface area contributed by atoms with Crippen molar-refractivity contribution in [1.82, 2.24) is 5.32 Å². The van der Waals surface area contributed by atoms with E-state index in [1.807, 2.05) is 20.8 Å². The summed E-state index contributed by atoms with van der Waals surface area (Å²) < 4.78 is 23.0. The van der Waals surface area contributed by atoms with E-state index in [1.165, 1.54) is 0 Å². The number of amides is 1. The molecule has 0 aromatic rings. The predicted octanol–water partition coefficient (Wildman–Crippen LogP) is 8.95. The molecule has 0 aromatic heterocycles. The number of ether oxygens (including phenoxy) is 4. The first kappa shape index (κ1) is 48.1. The van der Waals surface area contributed by atoms with Crippen LogP contribution >= 0.6 is 0 Å². The number of hydrogen-bond donors (Lipinski definition) is 3. The summed E-state index contributed by atoms with van der Waals surface area (Å²) in [5.74, 6) is 0.438. The van der Waals surface area contributed by atoms with E-state index in [-0.39, 0.29) is 42.5 Å². The van der Waals surface area contributed by atoms with Crippen LogP contribution in [0.4, 0.5) is 4.79 Å². The van der Waals surface area contributed by atoms with Crippen LogP contribution in [0.2, 0.25) is 0 Å². The Morgan fingerprint density at radius 2 is 1.54 bits per heavy atom. The van der Waals surface area contributed by atoms with Crippen molar-refractivity contribution in [2.24, 2.45) is 29.6 Å². The van der Waals surface area contributed by atoms with Crippen LogP contribution in [0.15, 0.2) is 0 Å². The number of alkyl carbamates (subject to hydrolysis) is 1. The number of rotatable bonds is 20. The minimum Gasteiger partial charge on any atom is -0.480 e. The first-order valence-corrected chi connectivity index (χ1v) is 19.7. The fraction of sp³-hybridized carbons (Fsp3) is 0.925. The summed E-state index contributed by atoms with van der Waals surface area (Å²) >= 11 is 0. The number of carbonyl (C=O) groups is 3. The van der Waals surface area contributed by atoms with E-state index in [1.54, 1.807) is 27.7 Å². The zero-order valence-electron chi connectivity index (χ0n) is 33.9. The minimum atomic E-state index is -1.09. The number of esters is 1. The average Bonchev–Trinajstić information content (AvgIpc) is 3.04. The van der Waals surface area contributed by atoms with Crippen molar-refractivity contribution in [1.29, 1.82) is 0 Å². The summed E-state index contributed by atoms with van der Waals surface area (Å²) in [5, 5.41) is 22.1. The van der Waals surface area contributed by atoms with Gasteiger partial charge in [0.1, 0.15) is 17.7 Å². The molecule has 1 rings (SSSR count). The number of hydrogen-bond acceptors (Lipinski definition) is 8. The van der Waals surface area contributed by atoms with Gasteiger partial charge in [0.05, 0.1) is 24.2 Å². The molecule has 1 aliphatic heterocycles. The number of aliphatic carboxylic acids is 1. The molecular weight excluding hydrogens is 638 g/mol. The lowest BCUT2D eigenvalue weighted by molar-refractivity contribution is -0.158. The monoisotopic (exact) mass is 716 g/mol. The number of cyclic esters (lactones) is 1. The normalized spacial score (nSPS) is 22.6. The average molecular weight is 716 g/mol. The Labute approximate surface area is 305 Å². The Hall–Kier alpha value is -1.91. The fourth-order valence-electron chi connectivity index (χ4n) is 6.25. The number of aliphatic hydroxyl groups excluding tert-OH is 1. The second-order valence-electron chi connectivity index (χ2n) is 16.3. The van der Waals surface area contributed by atoms with Crippen molar-refractivity contribution in [3.8, 4) is 0 Å². The number of aliphatic hydroxyl groups is 1. The van der Waals surface area contributed by atoms with Crippen LogP contribution < -0.4 is 5.32 Å². The third-order valence-corrected chi connectivity index (χ3v) is 9.21. The van der Waals surface area contributed by atoms with Gasteiger partial charge in [-0.3, -0.25) is 4.79 Å². The van der Waals surface area contributed by atoms with E-state index < -0.39 is 29.8 Å². The van der Waals surface area contributed by atoms with Gasteiger partial charge in [-0.15, -0.1) is 0 Å². The zero-order valence-corrected chi connectivity index (χ0v) is 33.9. The molecule has 1 saturated heterocycles. The van der Waals surface area contributed by atoms with Gasteiger partial charge in [0.25, 0.3) is 0 Å². The summed E-state index contributed by atoms with van der Waals surface area (Å²) in [5.41, 5.74) is -0.687. The van der Waals surface area contributed by atoms with Gasteiger partial charge in [-0.25, -0.2) is 9.59 Å². The molecular formula is C40H77NO9. The van der Waals surface area contributed by atoms with Gasteiger partial charge in [0.15, 0.2) is 0 Å². The molecule has 10 heteroatoms. The van der Waals surface area contributed by atoms with Crippen LogP contribution in [0.5, 0.6) is 0 Å². The van der Waals surface area contributed by atoms with Gasteiger partial charge in [0, 0.05) is 25.0 Å². The summed E-state index contributed by atoms with van der Waals surface area (Å²) in [7, 11) is 0. The molecule has 0 bridgehead atoms. The molecule has 8 atom stereocenters. The number of carbonyl (C=O) groups excluding carboxylic acids is 2. The second-order valence-corrected chi connectivity index (χ2v) is 16.3. The molecule has 0 aliphatic carbocycles. The Kier molecular flexibility index (Phi) is 25.0. The van der Waals surface area contributed by atoms with Crippen LogP contribution in [0.25, 0.3) is 0 Å². The van der Waals surface area contributed by atoms with Gasteiger partial charge >= 0.3 is 18.0 Å². The van der Waals surface area contributed by atoms with E-state index >= 15 is 0 Å². The SMILES string of the molecule is CCCO[C@@H](CCC[C@H](NC(=O)OC(C)(C)C)C(=O)O)[C@@H](CCC(C)C)[C@H](C)O.CCCO[C@H]1CCC[C@H](C)C(=O)O[C@@H](C)[C@@H]1CCC(C)C. The van der Waals surface area contributed by atoms with E-state index in [9.17, 15) is 24.6 Å². The van der Waals surface area contributed by atoms with E-state index in [0.717, 1.165) is 64.4 Å². The van der Waals surface area contributed by atoms with Crippen molar-refractivity contribution in [2.45, 2.75) is 196 Å². The molecule has 296 valence electrons. The highest BCUT2D eigenvalue weighted by atomic mass is 16.6. The van der Waals surface area contributed by atoms with Gasteiger partial charge in [0.2, 0.25) is 0 Å². The van der Waals surface area contributed by atoms with Crippen LogP contribution in [-0.4, -0.2) is 77.5 Å². The van der Waals surface area contributed by atoms with Crippen molar-refractivity contribution in [3.63, 3.8) is 0 Å². The summed E-state index contributed by atoms with van der Waals surface area (Å²) in [6, 6.07) is -1.02. The minimum absolute atomic E-state index is 0.00560. The highest BCUT2D eigenvalue weighted by Gasteiger charge is 2.33. The van der Waals surface area contributed by atoms with Crippen molar-refractivity contribution < 1.29 is 43.5 Å². The molecule has 0 aromatic carbocycles. The number of carboxylic acid groups (broad SMARTS) is 1. The van der Waals surface area contributed by atoms with Gasteiger partial charge < -0.3 is 34.5 Å². The topological polar surface area (TPSA) is 141 Å². The molecule has 0 radical (unpaired) electrons. The molecule has 1 fully saturated rings. The van der Waals surface area contributed by atoms with E-state index in [4.69, 9.17) is 18.9 Å². The third kappa shape index (κ3) is 22.1. The Balaban J connectivity index is 0.00000101. The van der Waals surface area contributed by atoms with Gasteiger partial charge in [-0.2, -0.15) is 0 Å². The Morgan fingerprint density at radius 1 is 0.920 bits per heavy atom. The highest BCUT2D eigenvalue weighted by Crippen LogP contribution is 2.30.